The van der Waals surface area contributed by atoms with Gasteiger partial charge in [0, 0.05) is 25.2 Å². The molecular formula is C29H44O15. The number of aliphatic hydroxyl groups is 6. The molecule has 3 saturated heterocycles. The fourth-order valence-electron chi connectivity index (χ4n) is 8.44. The lowest BCUT2D eigenvalue weighted by molar-refractivity contribution is -0.330. The second-order valence-electron chi connectivity index (χ2n) is 12.9. The summed E-state index contributed by atoms with van der Waals surface area (Å²) in [6, 6.07) is 0. The number of fused-ring (bicyclic) bond motifs is 3. The Hall–Kier alpha value is -1.76. The van der Waals surface area contributed by atoms with Crippen LogP contribution in [0.1, 0.15) is 39.5 Å². The van der Waals surface area contributed by atoms with E-state index in [-0.39, 0.29) is 18.4 Å². The minimum absolute atomic E-state index is 0.0235. The van der Waals surface area contributed by atoms with Gasteiger partial charge in [-0.15, -0.1) is 0 Å². The van der Waals surface area contributed by atoms with Crippen molar-refractivity contribution >= 4 is 11.9 Å². The van der Waals surface area contributed by atoms with Crippen LogP contribution in [0.4, 0.5) is 0 Å². The molecule has 44 heavy (non-hydrogen) atoms. The van der Waals surface area contributed by atoms with E-state index in [2.05, 4.69) is 0 Å². The maximum absolute atomic E-state index is 13.9. The number of carbonyl (C=O) groups excluding carboxylic acids is 2. The van der Waals surface area contributed by atoms with Crippen LogP contribution in [0, 0.1) is 22.7 Å². The Morgan fingerprint density at radius 3 is 2.34 bits per heavy atom. The number of esters is 2. The highest BCUT2D eigenvalue weighted by atomic mass is 16.8. The number of allylic oxidation sites excluding steroid dienone is 1. The van der Waals surface area contributed by atoms with Gasteiger partial charge in [0.25, 0.3) is 0 Å². The molecule has 6 N–H and O–H groups in total. The molecule has 0 aromatic carbocycles. The lowest BCUT2D eigenvalue weighted by atomic mass is 9.44. The van der Waals surface area contributed by atoms with Gasteiger partial charge in [0.15, 0.2) is 24.5 Å². The Labute approximate surface area is 254 Å². The van der Waals surface area contributed by atoms with E-state index in [0.29, 0.717) is 12.8 Å². The summed E-state index contributed by atoms with van der Waals surface area (Å²) in [5.41, 5.74) is -3.98. The second-order valence-corrected chi connectivity index (χ2v) is 12.9. The molecule has 5 unspecified atom stereocenters. The normalized spacial score (nSPS) is 50.7. The second kappa shape index (κ2) is 12.1. The van der Waals surface area contributed by atoms with Gasteiger partial charge in [-0.2, -0.15) is 0 Å². The van der Waals surface area contributed by atoms with Crippen LogP contribution in [0.3, 0.4) is 0 Å². The molecule has 0 amide bonds. The molecule has 15 atom stereocenters. The summed E-state index contributed by atoms with van der Waals surface area (Å²) in [4.78, 5) is 27.1. The zero-order chi connectivity index (χ0) is 32.4. The van der Waals surface area contributed by atoms with Crippen LogP contribution in [-0.4, -0.2) is 138 Å². The van der Waals surface area contributed by atoms with Crippen molar-refractivity contribution in [1.29, 1.82) is 0 Å². The summed E-state index contributed by atoms with van der Waals surface area (Å²) in [5, 5.41) is 64.0. The average molecular weight is 633 g/mol. The third kappa shape index (κ3) is 4.83. The highest BCUT2D eigenvalue weighted by Crippen LogP contribution is 2.65. The summed E-state index contributed by atoms with van der Waals surface area (Å²) >= 11 is 0. The summed E-state index contributed by atoms with van der Waals surface area (Å²) in [5.74, 6) is -2.60. The highest BCUT2D eigenvalue weighted by molar-refractivity contribution is 5.90. The lowest BCUT2D eigenvalue weighted by Crippen LogP contribution is -2.68. The van der Waals surface area contributed by atoms with Crippen molar-refractivity contribution in [3.63, 3.8) is 0 Å². The van der Waals surface area contributed by atoms with Crippen molar-refractivity contribution in [2.45, 2.75) is 107 Å². The van der Waals surface area contributed by atoms with Crippen LogP contribution >= 0.6 is 0 Å². The molecule has 0 spiro atoms. The van der Waals surface area contributed by atoms with Gasteiger partial charge in [0.2, 0.25) is 0 Å². The first kappa shape index (κ1) is 33.6. The monoisotopic (exact) mass is 632 g/mol. The highest BCUT2D eigenvalue weighted by Gasteiger charge is 2.70. The van der Waals surface area contributed by atoms with Crippen LogP contribution in [0.2, 0.25) is 0 Å². The molecule has 0 aromatic heterocycles. The number of carbonyl (C=O) groups is 2. The predicted octanol–water partition coefficient (Wildman–Crippen LogP) is -1.90. The Morgan fingerprint density at radius 1 is 1.02 bits per heavy atom. The first-order chi connectivity index (χ1) is 20.7. The maximum Gasteiger partial charge on any atom is 0.334 e. The number of rotatable bonds is 7. The van der Waals surface area contributed by atoms with E-state index in [0.717, 1.165) is 0 Å². The first-order valence-corrected chi connectivity index (χ1v) is 14.8. The summed E-state index contributed by atoms with van der Waals surface area (Å²) in [7, 11) is 3.82. The molecule has 3 aliphatic heterocycles. The van der Waals surface area contributed by atoms with E-state index >= 15 is 0 Å². The van der Waals surface area contributed by atoms with Gasteiger partial charge in [-0.05, 0) is 37.0 Å². The van der Waals surface area contributed by atoms with Crippen molar-refractivity contribution < 1.29 is 73.4 Å². The van der Waals surface area contributed by atoms with Crippen molar-refractivity contribution in [3.05, 3.63) is 11.6 Å². The van der Waals surface area contributed by atoms with Crippen LogP contribution in [0.25, 0.3) is 0 Å². The SMILES string of the molecule is COC(=O)C1=CCC[C@H]2[C@]3(C)CC([C@]4(O)C(OC)OC(OC)C4O)OC(=O)[C@H]3CC(O[C@@H]3O[C@H](CO)[C@@H](O)[C@H](O)[C@H]3O)[C@]12C. The standard InChI is InChI=1S/C29H44O15/c1-27-10-17(29(37)21(34)25(39-4)44-26(29)40-5)42-23(36)13(27)9-16(28(2)12(22(35)38-3)7-6-8-15(27)28)43-24-20(33)19(32)18(31)14(11-30)41-24/h7,13-21,24-26,30-34,37H,6,8-11H2,1-5H3/t13-,14-,15+,16?,17?,18-,19+,20-,21?,24+,25?,26?,27-,28-,29-/m1/s1. The van der Waals surface area contributed by atoms with Crippen molar-refractivity contribution in [1.82, 2.24) is 0 Å². The summed E-state index contributed by atoms with van der Waals surface area (Å²) in [6.07, 6.45) is -11.5. The Bertz CT molecular complexity index is 1130. The van der Waals surface area contributed by atoms with E-state index in [1.54, 1.807) is 13.0 Å². The molecule has 0 bridgehead atoms. The van der Waals surface area contributed by atoms with Crippen molar-refractivity contribution in [3.8, 4) is 0 Å². The van der Waals surface area contributed by atoms with Crippen LogP contribution in [0.15, 0.2) is 11.6 Å². The van der Waals surface area contributed by atoms with E-state index in [4.69, 9.17) is 33.2 Å². The molecule has 5 aliphatic rings. The van der Waals surface area contributed by atoms with Gasteiger partial charge in [-0.25, -0.2) is 4.79 Å². The van der Waals surface area contributed by atoms with Crippen molar-refractivity contribution in [2.75, 3.05) is 27.9 Å². The number of hydrogen-bond acceptors (Lipinski definition) is 15. The molecule has 5 rings (SSSR count). The number of aliphatic hydroxyl groups excluding tert-OH is 5. The summed E-state index contributed by atoms with van der Waals surface area (Å²) in [6.45, 7) is 3.01. The largest absolute Gasteiger partial charge is 0.466 e. The molecule has 2 aliphatic carbocycles. The Balaban J connectivity index is 1.54. The van der Waals surface area contributed by atoms with Gasteiger partial charge < -0.3 is 63.8 Å². The molecule has 0 radical (unpaired) electrons. The van der Waals surface area contributed by atoms with Crippen LogP contribution in [0.5, 0.6) is 0 Å². The Kier molecular flexibility index (Phi) is 9.25. The molecule has 250 valence electrons. The Morgan fingerprint density at radius 2 is 1.73 bits per heavy atom. The molecule has 0 aromatic rings. The third-order valence-electron chi connectivity index (χ3n) is 10.9. The van der Waals surface area contributed by atoms with Crippen molar-refractivity contribution in [2.24, 2.45) is 22.7 Å². The minimum atomic E-state index is -2.19. The first-order valence-electron chi connectivity index (χ1n) is 14.8. The molecule has 4 fully saturated rings. The zero-order valence-electron chi connectivity index (χ0n) is 25.4. The van der Waals surface area contributed by atoms with E-state index in [9.17, 15) is 40.2 Å². The molecular weight excluding hydrogens is 588 g/mol. The van der Waals surface area contributed by atoms with Crippen LogP contribution in [-0.2, 0) is 42.7 Å². The topological polar surface area (TPSA) is 220 Å². The predicted molar refractivity (Wildman–Crippen MR) is 144 cm³/mol. The minimum Gasteiger partial charge on any atom is -0.466 e. The third-order valence-corrected chi connectivity index (χ3v) is 10.9. The lowest BCUT2D eigenvalue weighted by Gasteiger charge is -2.63. The van der Waals surface area contributed by atoms with E-state index in [1.807, 2.05) is 6.92 Å². The molecule has 15 nitrogen and oxygen atoms in total. The van der Waals surface area contributed by atoms with Gasteiger partial charge in [-0.3, -0.25) is 4.79 Å². The van der Waals surface area contributed by atoms with Crippen LogP contribution < -0.4 is 0 Å². The fourth-order valence-corrected chi connectivity index (χ4v) is 8.44. The van der Waals surface area contributed by atoms with Gasteiger partial charge in [0.1, 0.15) is 36.6 Å². The number of hydrogen-bond donors (Lipinski definition) is 6. The van der Waals surface area contributed by atoms with Gasteiger partial charge in [0.05, 0.1) is 25.7 Å². The van der Waals surface area contributed by atoms with E-state index < -0.39 is 108 Å². The molecule has 1 saturated carbocycles. The summed E-state index contributed by atoms with van der Waals surface area (Å²) < 4.78 is 39.0. The van der Waals surface area contributed by atoms with E-state index in [1.165, 1.54) is 21.3 Å². The van der Waals surface area contributed by atoms with Gasteiger partial charge in [-0.1, -0.05) is 19.9 Å². The zero-order valence-corrected chi connectivity index (χ0v) is 25.4. The average Bonchev–Trinajstić information content (AvgIpc) is 3.26. The number of ether oxygens (including phenoxy) is 7. The molecule has 15 heteroatoms. The number of cyclic esters (lactones) is 1. The maximum atomic E-state index is 13.9. The van der Waals surface area contributed by atoms with Gasteiger partial charge >= 0.3 is 11.9 Å². The fraction of sp³-hybridized carbons (Fsp3) is 0.862. The number of methoxy groups -OCH3 is 3. The quantitative estimate of drug-likeness (QED) is 0.169. The smallest absolute Gasteiger partial charge is 0.334 e. The molecule has 3 heterocycles.